The van der Waals surface area contributed by atoms with Crippen LogP contribution in [0.15, 0.2) is 42.6 Å². The fraction of sp³-hybridized carbons (Fsp3) is 0.500. The fourth-order valence-corrected chi connectivity index (χ4v) is 4.31. The van der Waals surface area contributed by atoms with E-state index in [0.717, 1.165) is 11.3 Å². The van der Waals surface area contributed by atoms with Crippen molar-refractivity contribution in [2.75, 3.05) is 12.4 Å². The Bertz CT molecular complexity index is 946. The Morgan fingerprint density at radius 3 is 2.32 bits per heavy atom. The van der Waals surface area contributed by atoms with Gasteiger partial charge in [-0.25, -0.2) is 0 Å². The minimum absolute atomic E-state index is 0.0982. The van der Waals surface area contributed by atoms with Gasteiger partial charge in [-0.2, -0.15) is 13.2 Å². The number of benzene rings is 1. The highest BCUT2D eigenvalue weighted by molar-refractivity contribution is 5.81. The minimum Gasteiger partial charge on any atom is -0.380 e. The van der Waals surface area contributed by atoms with E-state index in [0.29, 0.717) is 5.69 Å². The molecule has 1 aliphatic rings. The van der Waals surface area contributed by atoms with Gasteiger partial charge in [-0.1, -0.05) is 58.9 Å². The number of halogens is 3. The third-order valence-electron chi connectivity index (χ3n) is 6.07. The Morgan fingerprint density at radius 1 is 1.16 bits per heavy atom. The lowest BCUT2D eigenvalue weighted by Gasteiger charge is -2.34. The molecule has 1 aliphatic carbocycles. The van der Waals surface area contributed by atoms with Gasteiger partial charge in [0.15, 0.2) is 6.04 Å². The first-order chi connectivity index (χ1) is 14.2. The van der Waals surface area contributed by atoms with Crippen LogP contribution in [0.5, 0.6) is 0 Å². The average Bonchev–Trinajstić information content (AvgIpc) is 2.91. The summed E-state index contributed by atoms with van der Waals surface area (Å²) in [5, 5.41) is 3.43. The van der Waals surface area contributed by atoms with Gasteiger partial charge in [-0.05, 0) is 29.7 Å². The minimum atomic E-state index is -4.63. The molecule has 0 spiro atoms. The molecule has 1 aromatic heterocycles. The molecule has 1 aromatic carbocycles. The van der Waals surface area contributed by atoms with Gasteiger partial charge >= 0.3 is 6.18 Å². The lowest BCUT2D eigenvalue weighted by molar-refractivity contribution is -0.192. The molecule has 0 saturated carbocycles. The second kappa shape index (κ2) is 7.84. The van der Waals surface area contributed by atoms with E-state index in [2.05, 4.69) is 36.3 Å². The zero-order valence-electron chi connectivity index (χ0n) is 18.8. The SMILES string of the molecule is CN(C(=O)C(C)(C)C)[C@@H](c1ccc(NC2Cc3ccccc3C2(C)C)cn1)C(F)(F)F. The first-order valence-corrected chi connectivity index (χ1v) is 10.4. The average molecular weight is 434 g/mol. The number of aromatic nitrogens is 1. The van der Waals surface area contributed by atoms with Crippen molar-refractivity contribution in [2.24, 2.45) is 5.41 Å². The Kier molecular flexibility index (Phi) is 5.84. The van der Waals surface area contributed by atoms with Crippen LogP contribution in [0.25, 0.3) is 0 Å². The second-order valence-corrected chi connectivity index (χ2v) is 9.86. The number of alkyl halides is 3. The largest absolute Gasteiger partial charge is 0.414 e. The topological polar surface area (TPSA) is 45.2 Å². The van der Waals surface area contributed by atoms with E-state index in [1.54, 1.807) is 26.8 Å². The molecule has 1 unspecified atom stereocenters. The Labute approximate surface area is 181 Å². The van der Waals surface area contributed by atoms with Crippen molar-refractivity contribution in [1.29, 1.82) is 0 Å². The maximum absolute atomic E-state index is 13.8. The molecule has 1 N–H and O–H groups in total. The highest BCUT2D eigenvalue weighted by atomic mass is 19.4. The van der Waals surface area contributed by atoms with E-state index in [9.17, 15) is 18.0 Å². The maximum atomic E-state index is 13.8. The molecule has 0 radical (unpaired) electrons. The number of nitrogens with one attached hydrogen (secondary N) is 1. The lowest BCUT2D eigenvalue weighted by Crippen LogP contribution is -2.44. The van der Waals surface area contributed by atoms with Gasteiger partial charge in [0.05, 0.1) is 17.6 Å². The molecule has 3 rings (SSSR count). The van der Waals surface area contributed by atoms with E-state index in [1.165, 1.54) is 30.4 Å². The Hall–Kier alpha value is -2.57. The number of nitrogens with zero attached hydrogens (tertiary/aromatic N) is 2. The van der Waals surface area contributed by atoms with Crippen molar-refractivity contribution >= 4 is 11.6 Å². The molecule has 1 amide bonds. The zero-order valence-corrected chi connectivity index (χ0v) is 18.8. The third kappa shape index (κ3) is 4.55. The molecular weight excluding hydrogens is 403 g/mol. The summed E-state index contributed by atoms with van der Waals surface area (Å²) in [6.45, 7) is 9.11. The zero-order chi connectivity index (χ0) is 23.2. The van der Waals surface area contributed by atoms with Crippen LogP contribution >= 0.6 is 0 Å². The molecule has 0 aliphatic heterocycles. The van der Waals surface area contributed by atoms with Gasteiger partial charge < -0.3 is 10.2 Å². The molecule has 0 fully saturated rings. The standard InChI is InChI=1S/C24H30F3N3O/c1-22(2,3)21(31)30(6)20(24(25,26)27)18-12-11-16(14-28-18)29-19-13-15-9-7-8-10-17(15)23(19,4)5/h7-12,14,19-20,29H,13H2,1-6H3/t19?,20-/m0/s1. The van der Waals surface area contributed by atoms with Gasteiger partial charge in [0.1, 0.15) is 0 Å². The van der Waals surface area contributed by atoms with Crippen molar-refractivity contribution in [3.63, 3.8) is 0 Å². The summed E-state index contributed by atoms with van der Waals surface area (Å²) in [5.41, 5.74) is 1.95. The van der Waals surface area contributed by atoms with E-state index in [-0.39, 0.29) is 17.2 Å². The van der Waals surface area contributed by atoms with Crippen molar-refractivity contribution < 1.29 is 18.0 Å². The monoisotopic (exact) mass is 433 g/mol. The number of pyridine rings is 1. The fourth-order valence-electron chi connectivity index (χ4n) is 4.31. The number of amides is 1. The Balaban J connectivity index is 1.82. The first-order valence-electron chi connectivity index (χ1n) is 10.4. The molecular formula is C24H30F3N3O. The Morgan fingerprint density at radius 2 is 1.81 bits per heavy atom. The number of hydrogen-bond donors (Lipinski definition) is 1. The molecule has 0 saturated heterocycles. The van der Waals surface area contributed by atoms with E-state index < -0.39 is 23.5 Å². The molecule has 4 nitrogen and oxygen atoms in total. The predicted molar refractivity (Wildman–Crippen MR) is 116 cm³/mol. The van der Waals surface area contributed by atoms with E-state index in [1.807, 2.05) is 12.1 Å². The third-order valence-corrected chi connectivity index (χ3v) is 6.07. The molecule has 168 valence electrons. The van der Waals surface area contributed by atoms with Crippen LogP contribution in [-0.4, -0.2) is 35.1 Å². The number of carbonyl (C=O) groups excluding carboxylic acids is 1. The summed E-state index contributed by atoms with van der Waals surface area (Å²) in [6, 6.07) is 9.22. The second-order valence-electron chi connectivity index (χ2n) is 9.86. The normalized spacial score (nSPS) is 18.9. The van der Waals surface area contributed by atoms with Crippen LogP contribution in [0, 0.1) is 5.41 Å². The molecule has 2 aromatic rings. The van der Waals surface area contributed by atoms with Crippen LogP contribution in [0.2, 0.25) is 0 Å². The molecule has 7 heteroatoms. The summed E-state index contributed by atoms with van der Waals surface area (Å²) in [4.78, 5) is 17.3. The van der Waals surface area contributed by atoms with Crippen molar-refractivity contribution in [1.82, 2.24) is 9.88 Å². The number of anilines is 1. The highest BCUT2D eigenvalue weighted by Gasteiger charge is 2.47. The van der Waals surface area contributed by atoms with Gasteiger partial charge in [0.2, 0.25) is 5.91 Å². The van der Waals surface area contributed by atoms with Gasteiger partial charge in [0.25, 0.3) is 0 Å². The summed E-state index contributed by atoms with van der Waals surface area (Å²) >= 11 is 0. The number of hydrogen-bond acceptors (Lipinski definition) is 3. The van der Waals surface area contributed by atoms with Gasteiger partial charge in [-0.15, -0.1) is 0 Å². The quantitative estimate of drug-likeness (QED) is 0.692. The molecule has 0 bridgehead atoms. The van der Waals surface area contributed by atoms with Crippen LogP contribution in [0.3, 0.4) is 0 Å². The summed E-state index contributed by atoms with van der Waals surface area (Å²) in [6.07, 6.45) is -2.38. The molecule has 31 heavy (non-hydrogen) atoms. The summed E-state index contributed by atoms with van der Waals surface area (Å²) in [5.74, 6) is -0.593. The smallest absolute Gasteiger partial charge is 0.380 e. The van der Waals surface area contributed by atoms with E-state index >= 15 is 0 Å². The molecule has 1 heterocycles. The number of carbonyl (C=O) groups is 1. The van der Waals surface area contributed by atoms with Crippen molar-refractivity contribution in [3.05, 3.63) is 59.4 Å². The lowest BCUT2D eigenvalue weighted by atomic mass is 9.83. The molecule has 2 atom stereocenters. The van der Waals surface area contributed by atoms with E-state index in [4.69, 9.17) is 0 Å². The predicted octanol–water partition coefficient (Wildman–Crippen LogP) is 5.50. The summed E-state index contributed by atoms with van der Waals surface area (Å²) < 4.78 is 41.5. The van der Waals surface area contributed by atoms with Crippen molar-refractivity contribution in [3.8, 4) is 0 Å². The van der Waals surface area contributed by atoms with Gasteiger partial charge in [0, 0.05) is 23.9 Å². The van der Waals surface area contributed by atoms with Crippen LogP contribution in [0.1, 0.15) is 57.5 Å². The van der Waals surface area contributed by atoms with Crippen LogP contribution in [-0.2, 0) is 16.6 Å². The number of fused-ring (bicyclic) bond motifs is 1. The highest BCUT2D eigenvalue weighted by Crippen LogP contribution is 2.41. The number of rotatable bonds is 4. The van der Waals surface area contributed by atoms with Crippen LogP contribution in [0.4, 0.5) is 18.9 Å². The van der Waals surface area contributed by atoms with Crippen molar-refractivity contribution in [2.45, 2.75) is 64.7 Å². The maximum Gasteiger partial charge on any atom is 0.414 e. The summed E-state index contributed by atoms with van der Waals surface area (Å²) in [7, 11) is 1.18. The van der Waals surface area contributed by atoms with Gasteiger partial charge in [-0.3, -0.25) is 9.78 Å². The first kappa shape index (κ1) is 23.1. The van der Waals surface area contributed by atoms with Crippen LogP contribution < -0.4 is 5.32 Å².